The molecule has 51 valence electrons. The lowest BCUT2D eigenvalue weighted by Gasteiger charge is -1.93. The third-order valence-electron chi connectivity index (χ3n) is 0.966. The van der Waals surface area contributed by atoms with Gasteiger partial charge in [0, 0.05) is 6.07 Å². The van der Waals surface area contributed by atoms with Crippen molar-refractivity contribution < 1.29 is 4.79 Å². The van der Waals surface area contributed by atoms with Crippen molar-refractivity contribution in [3.05, 3.63) is 23.9 Å². The summed E-state index contributed by atoms with van der Waals surface area (Å²) in [5, 5.41) is 0. The average Bonchev–Trinajstić information content (AvgIpc) is 1.88. The van der Waals surface area contributed by atoms with Gasteiger partial charge < -0.3 is 11.5 Å². The highest BCUT2D eigenvalue weighted by Crippen LogP contribution is 1.97. The highest BCUT2D eigenvalue weighted by atomic mass is 16.1. The minimum atomic E-state index is -0.583. The van der Waals surface area contributed by atoms with Crippen LogP contribution in [-0.2, 0) is 0 Å². The van der Waals surface area contributed by atoms with Crippen molar-refractivity contribution >= 4 is 11.7 Å². The van der Waals surface area contributed by atoms with E-state index in [-0.39, 0.29) is 11.5 Å². The molecule has 0 aromatic carbocycles. The maximum absolute atomic E-state index is 10.4. The predicted octanol–water partition coefficient (Wildman–Crippen LogP) is -0.437. The molecule has 0 saturated carbocycles. The fourth-order valence-electron chi connectivity index (χ4n) is 0.543. The standard InChI is InChI=1S/C6H6N3O/c7-5-3-1-2-4(9-5)6(8)10/h1-2H,(H2,7,9)(H2,8,10). The second-order valence-electron chi connectivity index (χ2n) is 1.72. The van der Waals surface area contributed by atoms with Crippen molar-refractivity contribution in [2.24, 2.45) is 5.73 Å². The van der Waals surface area contributed by atoms with Gasteiger partial charge in [0.05, 0.1) is 0 Å². The highest BCUT2D eigenvalue weighted by molar-refractivity contribution is 5.90. The Hall–Kier alpha value is -1.58. The molecule has 1 aromatic rings. The predicted molar refractivity (Wildman–Crippen MR) is 36.0 cm³/mol. The molecule has 0 atom stereocenters. The first-order valence-corrected chi connectivity index (χ1v) is 2.64. The molecule has 4 heteroatoms. The van der Waals surface area contributed by atoms with Crippen molar-refractivity contribution in [2.75, 3.05) is 5.73 Å². The fourth-order valence-corrected chi connectivity index (χ4v) is 0.543. The number of hydrogen-bond donors (Lipinski definition) is 2. The third kappa shape index (κ3) is 1.22. The van der Waals surface area contributed by atoms with E-state index in [1.54, 1.807) is 0 Å². The number of primary amides is 1. The lowest BCUT2D eigenvalue weighted by atomic mass is 10.3. The molecule has 0 saturated heterocycles. The first-order chi connectivity index (χ1) is 4.70. The molecule has 1 amide bonds. The zero-order valence-electron chi connectivity index (χ0n) is 5.16. The summed E-state index contributed by atoms with van der Waals surface area (Å²) >= 11 is 0. The number of carbonyl (C=O) groups excluding carboxylic acids is 1. The quantitative estimate of drug-likeness (QED) is 0.549. The largest absolute Gasteiger partial charge is 0.383 e. The number of aromatic nitrogens is 1. The summed E-state index contributed by atoms with van der Waals surface area (Å²) < 4.78 is 0. The van der Waals surface area contributed by atoms with Gasteiger partial charge in [0.1, 0.15) is 11.5 Å². The van der Waals surface area contributed by atoms with E-state index >= 15 is 0 Å². The van der Waals surface area contributed by atoms with E-state index in [1.807, 2.05) is 0 Å². The van der Waals surface area contributed by atoms with Gasteiger partial charge in [-0.3, -0.25) is 4.79 Å². The van der Waals surface area contributed by atoms with E-state index in [4.69, 9.17) is 11.5 Å². The Morgan fingerprint density at radius 3 is 2.80 bits per heavy atom. The van der Waals surface area contributed by atoms with E-state index in [0.717, 1.165) is 0 Å². The van der Waals surface area contributed by atoms with Crippen LogP contribution in [-0.4, -0.2) is 10.9 Å². The second kappa shape index (κ2) is 2.34. The highest BCUT2D eigenvalue weighted by Gasteiger charge is 1.99. The molecule has 10 heavy (non-hydrogen) atoms. The first kappa shape index (κ1) is 6.54. The van der Waals surface area contributed by atoms with Gasteiger partial charge in [-0.05, 0) is 12.1 Å². The Morgan fingerprint density at radius 1 is 1.70 bits per heavy atom. The smallest absolute Gasteiger partial charge is 0.267 e. The molecule has 0 unspecified atom stereocenters. The number of pyridine rings is 1. The molecular weight excluding hydrogens is 130 g/mol. The Morgan fingerprint density at radius 2 is 2.40 bits per heavy atom. The van der Waals surface area contributed by atoms with Gasteiger partial charge in [-0.1, -0.05) is 0 Å². The number of nitrogens with two attached hydrogens (primary N) is 2. The Bertz CT molecular complexity index is 259. The lowest BCUT2D eigenvalue weighted by molar-refractivity contribution is 0.0995. The molecule has 1 heterocycles. The number of nitrogen functional groups attached to an aromatic ring is 1. The molecule has 0 aliphatic rings. The normalized spacial score (nSPS) is 9.20. The van der Waals surface area contributed by atoms with Gasteiger partial charge >= 0.3 is 0 Å². The molecular formula is C6H6N3O. The summed E-state index contributed by atoms with van der Waals surface area (Å²) in [5.41, 5.74) is 10.3. The van der Waals surface area contributed by atoms with E-state index < -0.39 is 5.91 Å². The molecule has 1 radical (unpaired) electrons. The molecule has 1 rings (SSSR count). The second-order valence-corrected chi connectivity index (χ2v) is 1.72. The number of nitrogens with zero attached hydrogens (tertiary/aromatic N) is 1. The minimum Gasteiger partial charge on any atom is -0.383 e. The molecule has 0 spiro atoms. The van der Waals surface area contributed by atoms with Gasteiger partial charge in [-0.15, -0.1) is 0 Å². The lowest BCUT2D eigenvalue weighted by Crippen LogP contribution is -2.13. The van der Waals surface area contributed by atoms with Crippen LogP contribution in [0, 0.1) is 6.07 Å². The number of anilines is 1. The molecule has 1 aromatic heterocycles. The average molecular weight is 136 g/mol. The maximum atomic E-state index is 10.4. The fraction of sp³-hybridized carbons (Fsp3) is 0. The monoisotopic (exact) mass is 136 g/mol. The first-order valence-electron chi connectivity index (χ1n) is 2.64. The van der Waals surface area contributed by atoms with Gasteiger partial charge in [0.2, 0.25) is 0 Å². The van der Waals surface area contributed by atoms with Crippen molar-refractivity contribution in [3.63, 3.8) is 0 Å². The summed E-state index contributed by atoms with van der Waals surface area (Å²) in [6, 6.07) is 5.54. The van der Waals surface area contributed by atoms with Crippen molar-refractivity contribution in [1.29, 1.82) is 0 Å². The van der Waals surface area contributed by atoms with Crippen LogP contribution in [0.1, 0.15) is 10.5 Å². The van der Waals surface area contributed by atoms with Crippen LogP contribution in [0.25, 0.3) is 0 Å². The molecule has 0 aliphatic carbocycles. The van der Waals surface area contributed by atoms with Crippen LogP contribution in [0.3, 0.4) is 0 Å². The zero-order valence-corrected chi connectivity index (χ0v) is 5.16. The SMILES string of the molecule is NC(=O)c1cc[c]c(N)n1. The van der Waals surface area contributed by atoms with Crippen LogP contribution in [0.15, 0.2) is 12.1 Å². The molecule has 0 bridgehead atoms. The number of amides is 1. The summed E-state index contributed by atoms with van der Waals surface area (Å²) in [4.78, 5) is 14.1. The third-order valence-corrected chi connectivity index (χ3v) is 0.966. The van der Waals surface area contributed by atoms with E-state index in [0.29, 0.717) is 0 Å². The molecule has 4 nitrogen and oxygen atoms in total. The summed E-state index contributed by atoms with van der Waals surface area (Å²) in [6.07, 6.45) is 0. The van der Waals surface area contributed by atoms with Crippen LogP contribution in [0.5, 0.6) is 0 Å². The van der Waals surface area contributed by atoms with Crippen LogP contribution in [0.2, 0.25) is 0 Å². The summed E-state index contributed by atoms with van der Waals surface area (Å²) in [7, 11) is 0. The summed E-state index contributed by atoms with van der Waals surface area (Å²) in [6.45, 7) is 0. The van der Waals surface area contributed by atoms with Gasteiger partial charge in [-0.2, -0.15) is 0 Å². The van der Waals surface area contributed by atoms with Crippen LogP contribution < -0.4 is 11.5 Å². The van der Waals surface area contributed by atoms with Gasteiger partial charge in [0.15, 0.2) is 0 Å². The van der Waals surface area contributed by atoms with Gasteiger partial charge in [0.25, 0.3) is 5.91 Å². The van der Waals surface area contributed by atoms with Crippen molar-refractivity contribution in [1.82, 2.24) is 4.98 Å². The van der Waals surface area contributed by atoms with E-state index in [2.05, 4.69) is 11.1 Å². The number of rotatable bonds is 1. The number of hydrogen-bond acceptors (Lipinski definition) is 3. The topological polar surface area (TPSA) is 82.0 Å². The number of carbonyl (C=O) groups is 1. The molecule has 0 fully saturated rings. The molecule has 0 aliphatic heterocycles. The summed E-state index contributed by atoms with van der Waals surface area (Å²) in [5.74, 6) is -0.406. The zero-order chi connectivity index (χ0) is 7.56. The van der Waals surface area contributed by atoms with Gasteiger partial charge in [-0.25, -0.2) is 4.98 Å². The van der Waals surface area contributed by atoms with Crippen molar-refractivity contribution in [3.8, 4) is 0 Å². The van der Waals surface area contributed by atoms with Crippen LogP contribution >= 0.6 is 0 Å². The van der Waals surface area contributed by atoms with Crippen LogP contribution in [0.4, 0.5) is 5.82 Å². The Kier molecular flexibility index (Phi) is 1.53. The maximum Gasteiger partial charge on any atom is 0.267 e. The minimum absolute atomic E-state index is 0.163. The van der Waals surface area contributed by atoms with Crippen molar-refractivity contribution in [2.45, 2.75) is 0 Å². The van der Waals surface area contributed by atoms with E-state index in [9.17, 15) is 4.79 Å². The van der Waals surface area contributed by atoms with E-state index in [1.165, 1.54) is 12.1 Å². The molecule has 4 N–H and O–H groups in total. The Balaban J connectivity index is 3.07. The Labute approximate surface area is 57.9 Å².